The summed E-state index contributed by atoms with van der Waals surface area (Å²) in [5, 5.41) is 14.1. The van der Waals surface area contributed by atoms with E-state index in [9.17, 15) is 5.11 Å². The van der Waals surface area contributed by atoms with Crippen molar-refractivity contribution in [3.63, 3.8) is 0 Å². The van der Waals surface area contributed by atoms with Crippen LogP contribution in [0.5, 0.6) is 0 Å². The van der Waals surface area contributed by atoms with Crippen molar-refractivity contribution in [1.82, 2.24) is 10.2 Å². The Morgan fingerprint density at radius 2 is 1.84 bits per heavy atom. The highest BCUT2D eigenvalue weighted by atomic mass is 127. The zero-order chi connectivity index (χ0) is 13.7. The van der Waals surface area contributed by atoms with Crippen LogP contribution in [-0.2, 0) is 0 Å². The fourth-order valence-electron chi connectivity index (χ4n) is 1.51. The molecule has 0 spiro atoms. The normalized spacial score (nSPS) is 12.6. The van der Waals surface area contributed by atoms with Gasteiger partial charge in [-0.1, -0.05) is 23.2 Å². The highest BCUT2D eigenvalue weighted by molar-refractivity contribution is 14.0. The number of benzene rings is 1. The fourth-order valence-corrected chi connectivity index (χ4v) is 2.05. The first kappa shape index (κ1) is 18.8. The Morgan fingerprint density at radius 1 is 1.32 bits per heavy atom. The van der Waals surface area contributed by atoms with E-state index in [2.05, 4.69) is 10.3 Å². The molecule has 0 aliphatic heterocycles. The van der Waals surface area contributed by atoms with Gasteiger partial charge < -0.3 is 15.3 Å². The Bertz CT molecular complexity index is 421. The topological polar surface area (TPSA) is 47.9 Å². The second kappa shape index (κ2) is 8.84. The van der Waals surface area contributed by atoms with Crippen molar-refractivity contribution in [2.24, 2.45) is 4.99 Å². The molecule has 7 heteroatoms. The maximum atomic E-state index is 10.0. The van der Waals surface area contributed by atoms with Gasteiger partial charge in [-0.3, -0.25) is 4.99 Å². The van der Waals surface area contributed by atoms with Crippen molar-refractivity contribution in [2.45, 2.75) is 6.10 Å². The highest BCUT2D eigenvalue weighted by Gasteiger charge is 2.10. The van der Waals surface area contributed by atoms with Gasteiger partial charge >= 0.3 is 0 Å². The van der Waals surface area contributed by atoms with Crippen LogP contribution in [-0.4, -0.2) is 43.7 Å². The number of hydrogen-bond acceptors (Lipinski definition) is 2. The van der Waals surface area contributed by atoms with E-state index in [4.69, 9.17) is 23.2 Å². The number of aliphatic hydroxyl groups excluding tert-OH is 1. The van der Waals surface area contributed by atoms with Gasteiger partial charge in [-0.05, 0) is 23.8 Å². The van der Waals surface area contributed by atoms with Crippen molar-refractivity contribution >= 4 is 53.1 Å². The molecule has 108 valence electrons. The molecule has 1 unspecified atom stereocenters. The van der Waals surface area contributed by atoms with Gasteiger partial charge in [0.2, 0.25) is 0 Å². The molecule has 1 aromatic rings. The minimum atomic E-state index is -0.696. The molecule has 0 amide bonds. The third kappa shape index (κ3) is 6.16. The number of nitrogens with zero attached hydrogens (tertiary/aromatic N) is 2. The third-order valence-corrected chi connectivity index (χ3v) is 2.80. The predicted octanol–water partition coefficient (Wildman–Crippen LogP) is 2.78. The van der Waals surface area contributed by atoms with Crippen LogP contribution in [0.3, 0.4) is 0 Å². The summed E-state index contributed by atoms with van der Waals surface area (Å²) in [6.07, 6.45) is -0.696. The Hall–Kier alpha value is -0.240. The number of halogens is 3. The van der Waals surface area contributed by atoms with E-state index in [1.54, 1.807) is 25.2 Å². The van der Waals surface area contributed by atoms with E-state index in [0.29, 0.717) is 28.1 Å². The molecule has 2 N–H and O–H groups in total. The van der Waals surface area contributed by atoms with Crippen LogP contribution in [0.4, 0.5) is 0 Å². The summed E-state index contributed by atoms with van der Waals surface area (Å²) in [5.74, 6) is 0.696. The van der Waals surface area contributed by atoms with E-state index in [1.165, 1.54) is 0 Å². The van der Waals surface area contributed by atoms with Gasteiger partial charge in [-0.2, -0.15) is 0 Å². The van der Waals surface area contributed by atoms with Gasteiger partial charge in [-0.25, -0.2) is 0 Å². The summed E-state index contributed by atoms with van der Waals surface area (Å²) in [6, 6.07) is 5.02. The number of aliphatic hydroxyl groups is 1. The van der Waals surface area contributed by atoms with Crippen LogP contribution < -0.4 is 5.32 Å². The van der Waals surface area contributed by atoms with Crippen LogP contribution in [0.15, 0.2) is 23.2 Å². The molecule has 1 atom stereocenters. The standard InChI is InChI=1S/C12H17Cl2N3O.HI/c1-15-12(17(2)3)16-7-11(18)8-4-9(13)6-10(14)5-8;/h4-6,11,18H,7H2,1-3H3,(H,15,16);1H. The lowest BCUT2D eigenvalue weighted by Gasteiger charge is -2.19. The molecule has 0 saturated carbocycles. The second-order valence-corrected chi connectivity index (χ2v) is 4.91. The number of rotatable bonds is 3. The van der Waals surface area contributed by atoms with E-state index < -0.39 is 6.10 Å². The van der Waals surface area contributed by atoms with Crippen LogP contribution >= 0.6 is 47.2 Å². The van der Waals surface area contributed by atoms with Gasteiger partial charge in [0.25, 0.3) is 0 Å². The van der Waals surface area contributed by atoms with Crippen molar-refractivity contribution in [3.05, 3.63) is 33.8 Å². The number of aliphatic imine (C=N–C) groups is 1. The number of hydrogen-bond donors (Lipinski definition) is 2. The van der Waals surface area contributed by atoms with E-state index >= 15 is 0 Å². The first-order valence-electron chi connectivity index (χ1n) is 5.46. The quantitative estimate of drug-likeness (QED) is 0.451. The van der Waals surface area contributed by atoms with Crippen molar-refractivity contribution in [2.75, 3.05) is 27.7 Å². The van der Waals surface area contributed by atoms with Gasteiger partial charge in [-0.15, -0.1) is 24.0 Å². The Labute approximate surface area is 140 Å². The molecule has 1 rings (SSSR count). The zero-order valence-electron chi connectivity index (χ0n) is 11.0. The maximum absolute atomic E-state index is 10.0. The van der Waals surface area contributed by atoms with Crippen LogP contribution in [0.2, 0.25) is 10.0 Å². The summed E-state index contributed by atoms with van der Waals surface area (Å²) in [4.78, 5) is 5.89. The smallest absolute Gasteiger partial charge is 0.193 e. The predicted molar refractivity (Wildman–Crippen MR) is 91.9 cm³/mol. The maximum Gasteiger partial charge on any atom is 0.193 e. The second-order valence-electron chi connectivity index (χ2n) is 4.04. The molecule has 0 aliphatic carbocycles. The largest absolute Gasteiger partial charge is 0.387 e. The van der Waals surface area contributed by atoms with Gasteiger partial charge in [0, 0.05) is 37.7 Å². The molecule has 0 aromatic heterocycles. The number of nitrogens with one attached hydrogen (secondary N) is 1. The number of guanidine groups is 1. The molecule has 0 saturated heterocycles. The average molecular weight is 418 g/mol. The van der Waals surface area contributed by atoms with Crippen LogP contribution in [0.1, 0.15) is 11.7 Å². The molecular formula is C12H18Cl2IN3O. The SMILES string of the molecule is CN=C(NCC(O)c1cc(Cl)cc(Cl)c1)N(C)C.I. The lowest BCUT2D eigenvalue weighted by Crippen LogP contribution is -2.38. The Kier molecular flexibility index (Phi) is 8.73. The van der Waals surface area contributed by atoms with Crippen LogP contribution in [0.25, 0.3) is 0 Å². The van der Waals surface area contributed by atoms with Gasteiger partial charge in [0.1, 0.15) is 0 Å². The highest BCUT2D eigenvalue weighted by Crippen LogP contribution is 2.23. The molecule has 19 heavy (non-hydrogen) atoms. The lowest BCUT2D eigenvalue weighted by molar-refractivity contribution is 0.180. The summed E-state index contributed by atoms with van der Waals surface area (Å²) < 4.78 is 0. The minimum Gasteiger partial charge on any atom is -0.387 e. The molecule has 0 fully saturated rings. The molecule has 0 radical (unpaired) electrons. The summed E-state index contributed by atoms with van der Waals surface area (Å²) in [7, 11) is 5.43. The molecule has 0 heterocycles. The first-order chi connectivity index (χ1) is 8.43. The minimum absolute atomic E-state index is 0. The van der Waals surface area contributed by atoms with E-state index in [-0.39, 0.29) is 24.0 Å². The van der Waals surface area contributed by atoms with E-state index in [0.717, 1.165) is 0 Å². The molecule has 4 nitrogen and oxygen atoms in total. The Balaban J connectivity index is 0.00000324. The summed E-state index contributed by atoms with van der Waals surface area (Å²) in [6.45, 7) is 0.335. The fraction of sp³-hybridized carbons (Fsp3) is 0.417. The van der Waals surface area contributed by atoms with Crippen molar-refractivity contribution < 1.29 is 5.11 Å². The van der Waals surface area contributed by atoms with Crippen LogP contribution in [0, 0.1) is 0 Å². The average Bonchev–Trinajstić information content (AvgIpc) is 2.27. The monoisotopic (exact) mass is 417 g/mol. The molecular weight excluding hydrogens is 400 g/mol. The van der Waals surface area contributed by atoms with Crippen molar-refractivity contribution in [1.29, 1.82) is 0 Å². The third-order valence-electron chi connectivity index (χ3n) is 2.36. The molecule has 1 aromatic carbocycles. The Morgan fingerprint density at radius 3 is 2.26 bits per heavy atom. The van der Waals surface area contributed by atoms with Gasteiger partial charge in [0.15, 0.2) is 5.96 Å². The summed E-state index contributed by atoms with van der Waals surface area (Å²) >= 11 is 11.8. The zero-order valence-corrected chi connectivity index (χ0v) is 14.9. The molecule has 0 aliphatic rings. The first-order valence-corrected chi connectivity index (χ1v) is 6.21. The van der Waals surface area contributed by atoms with Crippen molar-refractivity contribution in [3.8, 4) is 0 Å². The van der Waals surface area contributed by atoms with Gasteiger partial charge in [0.05, 0.1) is 6.10 Å². The van der Waals surface area contributed by atoms with E-state index in [1.807, 2.05) is 19.0 Å². The lowest BCUT2D eigenvalue weighted by atomic mass is 10.1. The molecule has 0 bridgehead atoms. The summed E-state index contributed by atoms with van der Waals surface area (Å²) in [5.41, 5.74) is 0.675.